The number of nitrogens with one attached hydrogen (secondary N) is 1. The Hall–Kier alpha value is -2.13. The summed E-state index contributed by atoms with van der Waals surface area (Å²) < 4.78 is 0. The molecule has 0 unspecified atom stereocenters. The first-order valence-electron chi connectivity index (χ1n) is 8.45. The van der Waals surface area contributed by atoms with Crippen LogP contribution in [0.25, 0.3) is 0 Å². The molecule has 0 atom stereocenters. The van der Waals surface area contributed by atoms with Crippen molar-refractivity contribution in [1.82, 2.24) is 5.01 Å². The number of hydrogen-bond acceptors (Lipinski definition) is 2. The van der Waals surface area contributed by atoms with Gasteiger partial charge in [0.25, 0.3) is 0 Å². The van der Waals surface area contributed by atoms with Crippen LogP contribution in [-0.4, -0.2) is 36.9 Å². The van der Waals surface area contributed by atoms with Gasteiger partial charge < -0.3 is 4.90 Å². The van der Waals surface area contributed by atoms with Gasteiger partial charge >= 0.3 is 0 Å². The summed E-state index contributed by atoms with van der Waals surface area (Å²) in [4.78, 5) is 1.65. The zero-order chi connectivity index (χ0) is 16.1. The van der Waals surface area contributed by atoms with Crippen molar-refractivity contribution in [2.45, 2.75) is 20.4 Å². The minimum Gasteiger partial charge on any atom is -0.328 e. The predicted octanol–water partition coefficient (Wildman–Crippen LogP) is 2.12. The maximum atomic E-state index is 4.80. The molecule has 0 saturated carbocycles. The van der Waals surface area contributed by atoms with Gasteiger partial charge in [-0.1, -0.05) is 60.2 Å². The van der Waals surface area contributed by atoms with Crippen LogP contribution in [0, 0.1) is 6.92 Å². The van der Waals surface area contributed by atoms with E-state index in [9.17, 15) is 0 Å². The number of rotatable bonds is 4. The fourth-order valence-electron chi connectivity index (χ4n) is 3.03. The van der Waals surface area contributed by atoms with E-state index in [-0.39, 0.29) is 0 Å². The largest absolute Gasteiger partial charge is 0.328 e. The quantitative estimate of drug-likeness (QED) is 0.858. The van der Waals surface area contributed by atoms with Gasteiger partial charge in [0.1, 0.15) is 6.54 Å². The lowest BCUT2D eigenvalue weighted by Gasteiger charge is -2.31. The van der Waals surface area contributed by atoms with Crippen LogP contribution < -0.4 is 4.90 Å². The molecule has 2 aromatic rings. The second-order valence-electron chi connectivity index (χ2n) is 6.42. The molecule has 1 aliphatic heterocycles. The van der Waals surface area contributed by atoms with Crippen molar-refractivity contribution in [2.75, 3.05) is 26.2 Å². The zero-order valence-corrected chi connectivity index (χ0v) is 14.1. The van der Waals surface area contributed by atoms with E-state index >= 15 is 0 Å². The number of aryl methyl sites for hydroxylation is 1. The van der Waals surface area contributed by atoms with E-state index in [2.05, 4.69) is 67.4 Å². The first-order valence-corrected chi connectivity index (χ1v) is 8.45. The highest BCUT2D eigenvalue weighted by Crippen LogP contribution is 2.04. The summed E-state index contributed by atoms with van der Waals surface area (Å²) in [5, 5.41) is 7.02. The van der Waals surface area contributed by atoms with Crippen molar-refractivity contribution in [1.29, 1.82) is 0 Å². The van der Waals surface area contributed by atoms with Crippen molar-refractivity contribution >= 4 is 5.71 Å². The van der Waals surface area contributed by atoms with E-state index in [0.717, 1.165) is 38.4 Å². The van der Waals surface area contributed by atoms with Gasteiger partial charge in [0.15, 0.2) is 0 Å². The van der Waals surface area contributed by atoms with Crippen LogP contribution in [-0.2, 0) is 6.54 Å². The lowest BCUT2D eigenvalue weighted by atomic mass is 10.1. The molecule has 3 heteroatoms. The average Bonchev–Trinajstić information content (AvgIpc) is 2.59. The summed E-state index contributed by atoms with van der Waals surface area (Å²) >= 11 is 0. The SMILES string of the molecule is C/C(=N\N1CC[NH+](Cc2ccc(C)cc2)CC1)c1ccccc1. The van der Waals surface area contributed by atoms with E-state index < -0.39 is 0 Å². The molecule has 0 aromatic heterocycles. The van der Waals surface area contributed by atoms with Crippen molar-refractivity contribution in [2.24, 2.45) is 5.10 Å². The predicted molar refractivity (Wildman–Crippen MR) is 95.8 cm³/mol. The topological polar surface area (TPSA) is 20.0 Å². The highest BCUT2D eigenvalue weighted by atomic mass is 15.5. The third-order valence-electron chi connectivity index (χ3n) is 4.50. The van der Waals surface area contributed by atoms with E-state index in [0.29, 0.717) is 0 Å². The molecule has 1 fully saturated rings. The van der Waals surface area contributed by atoms with Gasteiger partial charge in [-0.3, -0.25) is 5.01 Å². The molecule has 1 N–H and O–H groups in total. The maximum Gasteiger partial charge on any atom is 0.103 e. The summed E-state index contributed by atoms with van der Waals surface area (Å²) in [6.07, 6.45) is 0. The third-order valence-corrected chi connectivity index (χ3v) is 4.50. The minimum atomic E-state index is 1.03. The number of nitrogens with zero attached hydrogens (tertiary/aromatic N) is 2. The maximum absolute atomic E-state index is 4.80. The lowest BCUT2D eigenvalue weighted by molar-refractivity contribution is -0.918. The smallest absolute Gasteiger partial charge is 0.103 e. The zero-order valence-electron chi connectivity index (χ0n) is 14.1. The first kappa shape index (κ1) is 15.8. The van der Waals surface area contributed by atoms with E-state index in [1.165, 1.54) is 16.7 Å². The molecule has 0 radical (unpaired) electrons. The van der Waals surface area contributed by atoms with Crippen LogP contribution >= 0.6 is 0 Å². The molecule has 2 aromatic carbocycles. The van der Waals surface area contributed by atoms with Crippen LogP contribution in [0.1, 0.15) is 23.6 Å². The Morgan fingerprint density at radius 1 is 1.00 bits per heavy atom. The Kier molecular flexibility index (Phi) is 5.09. The molecule has 0 amide bonds. The molecule has 1 heterocycles. The number of hydrogen-bond donors (Lipinski definition) is 1. The van der Waals surface area contributed by atoms with Crippen molar-refractivity contribution in [3.05, 3.63) is 71.3 Å². The normalized spacial score (nSPS) is 16.6. The van der Waals surface area contributed by atoms with Crippen LogP contribution in [0.5, 0.6) is 0 Å². The number of hydrazone groups is 1. The van der Waals surface area contributed by atoms with Crippen molar-refractivity contribution in [3.63, 3.8) is 0 Å². The highest BCUT2D eigenvalue weighted by molar-refractivity contribution is 5.98. The second kappa shape index (κ2) is 7.42. The van der Waals surface area contributed by atoms with Gasteiger partial charge in [0.05, 0.1) is 31.9 Å². The summed E-state index contributed by atoms with van der Waals surface area (Å²) in [6, 6.07) is 19.4. The molecule has 120 valence electrons. The van der Waals surface area contributed by atoms with Crippen LogP contribution in [0.2, 0.25) is 0 Å². The number of quaternary nitrogens is 1. The highest BCUT2D eigenvalue weighted by Gasteiger charge is 2.19. The van der Waals surface area contributed by atoms with Crippen LogP contribution in [0.15, 0.2) is 59.7 Å². The van der Waals surface area contributed by atoms with Crippen LogP contribution in [0.4, 0.5) is 0 Å². The Labute approximate surface area is 139 Å². The van der Waals surface area contributed by atoms with E-state index in [1.807, 2.05) is 6.07 Å². The Balaban J connectivity index is 1.53. The fourth-order valence-corrected chi connectivity index (χ4v) is 3.03. The van der Waals surface area contributed by atoms with Gasteiger partial charge in [-0.25, -0.2) is 0 Å². The Morgan fingerprint density at radius 2 is 1.65 bits per heavy atom. The van der Waals surface area contributed by atoms with Crippen molar-refractivity contribution < 1.29 is 4.90 Å². The molecule has 0 aliphatic carbocycles. The van der Waals surface area contributed by atoms with E-state index in [4.69, 9.17) is 5.10 Å². The van der Waals surface area contributed by atoms with Gasteiger partial charge in [-0.2, -0.15) is 5.10 Å². The monoisotopic (exact) mass is 308 g/mol. The molecule has 3 nitrogen and oxygen atoms in total. The molecule has 0 bridgehead atoms. The second-order valence-corrected chi connectivity index (χ2v) is 6.42. The molecule has 3 rings (SSSR count). The first-order chi connectivity index (χ1) is 11.2. The number of piperazine rings is 1. The number of benzene rings is 2. The molecule has 1 saturated heterocycles. The summed E-state index contributed by atoms with van der Waals surface area (Å²) in [5.74, 6) is 0. The fraction of sp³-hybridized carbons (Fsp3) is 0.350. The van der Waals surface area contributed by atoms with Crippen LogP contribution in [0.3, 0.4) is 0 Å². The lowest BCUT2D eigenvalue weighted by Crippen LogP contribution is -3.13. The summed E-state index contributed by atoms with van der Waals surface area (Å²) in [5.41, 5.74) is 5.08. The van der Waals surface area contributed by atoms with Gasteiger partial charge in [0, 0.05) is 5.56 Å². The van der Waals surface area contributed by atoms with Gasteiger partial charge in [0.2, 0.25) is 0 Å². The minimum absolute atomic E-state index is 1.03. The average molecular weight is 308 g/mol. The van der Waals surface area contributed by atoms with Gasteiger partial charge in [-0.15, -0.1) is 0 Å². The van der Waals surface area contributed by atoms with Crippen molar-refractivity contribution in [3.8, 4) is 0 Å². The molecule has 0 spiro atoms. The molecular weight excluding hydrogens is 282 g/mol. The molecule has 23 heavy (non-hydrogen) atoms. The molecule has 1 aliphatic rings. The Bertz CT molecular complexity index is 638. The third kappa shape index (κ3) is 4.42. The Morgan fingerprint density at radius 3 is 2.30 bits per heavy atom. The summed E-state index contributed by atoms with van der Waals surface area (Å²) in [7, 11) is 0. The molecular formula is C20H26N3+. The van der Waals surface area contributed by atoms with Gasteiger partial charge in [-0.05, 0) is 19.4 Å². The standard InChI is InChI=1S/C20H25N3/c1-17-8-10-19(11-9-17)16-22-12-14-23(15-13-22)21-18(2)20-6-4-3-5-7-20/h3-11H,12-16H2,1-2H3/p+1/b21-18+. The van der Waals surface area contributed by atoms with E-state index in [1.54, 1.807) is 4.90 Å². The summed E-state index contributed by atoms with van der Waals surface area (Å²) in [6.45, 7) is 9.73.